The number of aliphatic hydroxyl groups is 1. The molecule has 0 aliphatic heterocycles. The largest absolute Gasteiger partial charge is 0.377 e. The lowest BCUT2D eigenvalue weighted by Crippen LogP contribution is -2.53. The van der Waals surface area contributed by atoms with Crippen molar-refractivity contribution >= 4 is 0 Å². The monoisotopic (exact) mass is 132 g/mol. The molecule has 0 saturated carbocycles. The van der Waals surface area contributed by atoms with Gasteiger partial charge in [0.05, 0.1) is 5.54 Å². The molecule has 0 bridgehead atoms. The zero-order valence-corrected chi connectivity index (χ0v) is 6.52. The van der Waals surface area contributed by atoms with E-state index in [1.165, 1.54) is 0 Å². The highest BCUT2D eigenvalue weighted by Crippen LogP contribution is 2.03. The summed E-state index contributed by atoms with van der Waals surface area (Å²) < 4.78 is 0. The van der Waals surface area contributed by atoms with E-state index < -0.39 is 6.23 Å². The fourth-order valence-electron chi connectivity index (χ4n) is 0.498. The van der Waals surface area contributed by atoms with E-state index in [2.05, 4.69) is 10.6 Å². The highest BCUT2D eigenvalue weighted by molar-refractivity contribution is 4.81. The lowest BCUT2D eigenvalue weighted by molar-refractivity contribution is 0.0621. The van der Waals surface area contributed by atoms with Gasteiger partial charge in [-0.15, -0.1) is 0 Å². The number of rotatable bonds is 3. The molecule has 0 aromatic carbocycles. The van der Waals surface area contributed by atoms with Crippen LogP contribution in [0.4, 0.5) is 0 Å². The third kappa shape index (κ3) is 2.30. The number of nitrogens with one attached hydrogen (secondary N) is 2. The molecule has 0 spiro atoms. The fourth-order valence-corrected chi connectivity index (χ4v) is 0.498. The van der Waals surface area contributed by atoms with Crippen molar-refractivity contribution in [1.29, 1.82) is 0 Å². The van der Waals surface area contributed by atoms with Crippen molar-refractivity contribution in [2.24, 2.45) is 0 Å². The van der Waals surface area contributed by atoms with Crippen molar-refractivity contribution in [2.75, 3.05) is 14.1 Å². The number of hydrogen-bond acceptors (Lipinski definition) is 3. The summed E-state index contributed by atoms with van der Waals surface area (Å²) in [6, 6.07) is 0. The first-order valence-electron chi connectivity index (χ1n) is 3.09. The maximum Gasteiger partial charge on any atom is 0.122 e. The molecule has 0 amide bonds. The Morgan fingerprint density at radius 2 is 1.78 bits per heavy atom. The zero-order valence-electron chi connectivity index (χ0n) is 6.52. The van der Waals surface area contributed by atoms with Crippen LogP contribution in [0.15, 0.2) is 0 Å². The summed E-state index contributed by atoms with van der Waals surface area (Å²) in [5.41, 5.74) is -0.255. The van der Waals surface area contributed by atoms with Gasteiger partial charge in [0.25, 0.3) is 0 Å². The van der Waals surface area contributed by atoms with Crippen LogP contribution in [0.2, 0.25) is 0 Å². The number of aliphatic hydroxyl groups excluding tert-OH is 1. The molecular formula is C6H16N2O. The molecule has 0 heterocycles. The van der Waals surface area contributed by atoms with Gasteiger partial charge in [0.1, 0.15) is 6.23 Å². The Morgan fingerprint density at radius 3 is 1.89 bits per heavy atom. The summed E-state index contributed by atoms with van der Waals surface area (Å²) in [6.07, 6.45) is -0.498. The van der Waals surface area contributed by atoms with E-state index in [4.69, 9.17) is 0 Å². The number of hydrogen-bond donors (Lipinski definition) is 3. The summed E-state index contributed by atoms with van der Waals surface area (Å²) in [4.78, 5) is 0. The molecule has 0 aromatic heterocycles. The molecule has 0 aliphatic carbocycles. The molecule has 56 valence electrons. The van der Waals surface area contributed by atoms with E-state index in [0.29, 0.717) is 0 Å². The van der Waals surface area contributed by atoms with Crippen LogP contribution in [-0.2, 0) is 0 Å². The maximum atomic E-state index is 9.21. The second-order valence-corrected chi connectivity index (χ2v) is 2.66. The summed E-state index contributed by atoms with van der Waals surface area (Å²) >= 11 is 0. The molecular weight excluding hydrogens is 116 g/mol. The van der Waals surface area contributed by atoms with E-state index in [9.17, 15) is 5.11 Å². The lowest BCUT2D eigenvalue weighted by Gasteiger charge is -2.29. The molecule has 9 heavy (non-hydrogen) atoms. The molecule has 0 aliphatic rings. The van der Waals surface area contributed by atoms with E-state index in [0.717, 1.165) is 0 Å². The van der Waals surface area contributed by atoms with Crippen molar-refractivity contribution in [3.05, 3.63) is 0 Å². The summed E-state index contributed by atoms with van der Waals surface area (Å²) in [5.74, 6) is 0. The highest BCUT2D eigenvalue weighted by atomic mass is 16.3. The van der Waals surface area contributed by atoms with Gasteiger partial charge in [-0.1, -0.05) is 0 Å². The van der Waals surface area contributed by atoms with Gasteiger partial charge in [-0.25, -0.2) is 0 Å². The van der Waals surface area contributed by atoms with Gasteiger partial charge in [-0.2, -0.15) is 0 Å². The molecule has 0 aromatic rings. The van der Waals surface area contributed by atoms with Crippen LogP contribution < -0.4 is 10.6 Å². The van der Waals surface area contributed by atoms with Crippen LogP contribution in [0, 0.1) is 0 Å². The molecule has 0 rings (SSSR count). The average Bonchev–Trinajstić information content (AvgIpc) is 1.86. The molecule has 0 saturated heterocycles. The normalized spacial score (nSPS) is 15.7. The minimum atomic E-state index is -0.498. The van der Waals surface area contributed by atoms with Crippen LogP contribution in [0.5, 0.6) is 0 Å². The molecule has 0 fully saturated rings. The Bertz CT molecular complexity index is 83.1. The minimum absolute atomic E-state index is 0.255. The third-order valence-corrected chi connectivity index (χ3v) is 1.60. The Balaban J connectivity index is 3.80. The van der Waals surface area contributed by atoms with E-state index in [1.807, 2.05) is 20.9 Å². The zero-order chi connectivity index (χ0) is 7.49. The van der Waals surface area contributed by atoms with Crippen LogP contribution >= 0.6 is 0 Å². The highest BCUT2D eigenvalue weighted by Gasteiger charge is 2.23. The van der Waals surface area contributed by atoms with Crippen molar-refractivity contribution in [3.63, 3.8) is 0 Å². The minimum Gasteiger partial charge on any atom is -0.377 e. The van der Waals surface area contributed by atoms with Crippen LogP contribution in [-0.4, -0.2) is 31.0 Å². The van der Waals surface area contributed by atoms with E-state index in [1.54, 1.807) is 7.05 Å². The first-order chi connectivity index (χ1) is 4.04. The van der Waals surface area contributed by atoms with Crippen molar-refractivity contribution in [2.45, 2.75) is 25.6 Å². The van der Waals surface area contributed by atoms with Crippen LogP contribution in [0.3, 0.4) is 0 Å². The smallest absolute Gasteiger partial charge is 0.122 e. The fraction of sp³-hybridized carbons (Fsp3) is 1.00. The van der Waals surface area contributed by atoms with Gasteiger partial charge in [0.2, 0.25) is 0 Å². The molecule has 0 radical (unpaired) electrons. The van der Waals surface area contributed by atoms with Crippen molar-refractivity contribution in [1.82, 2.24) is 10.6 Å². The third-order valence-electron chi connectivity index (χ3n) is 1.60. The van der Waals surface area contributed by atoms with Gasteiger partial charge in [-0.05, 0) is 27.9 Å². The standard InChI is InChI=1S/C6H16N2O/c1-6(2,8-4)5(9)7-3/h5,7-9H,1-4H3. The molecule has 1 atom stereocenters. The SMILES string of the molecule is CNC(O)C(C)(C)NC. The predicted molar refractivity (Wildman–Crippen MR) is 38.2 cm³/mol. The van der Waals surface area contributed by atoms with Gasteiger partial charge in [0.15, 0.2) is 0 Å². The molecule has 3 heteroatoms. The van der Waals surface area contributed by atoms with E-state index in [-0.39, 0.29) is 5.54 Å². The van der Waals surface area contributed by atoms with Gasteiger partial charge >= 0.3 is 0 Å². The summed E-state index contributed by atoms with van der Waals surface area (Å²) in [6.45, 7) is 3.85. The maximum absolute atomic E-state index is 9.21. The lowest BCUT2D eigenvalue weighted by atomic mass is 10.0. The van der Waals surface area contributed by atoms with Gasteiger partial charge in [0, 0.05) is 0 Å². The predicted octanol–water partition coefficient (Wildman–Crippen LogP) is -0.478. The average molecular weight is 132 g/mol. The van der Waals surface area contributed by atoms with Gasteiger partial charge < -0.3 is 10.4 Å². The number of likely N-dealkylation sites (N-methyl/N-ethyl adjacent to an activating group) is 2. The van der Waals surface area contributed by atoms with Gasteiger partial charge in [-0.3, -0.25) is 5.32 Å². The van der Waals surface area contributed by atoms with Crippen LogP contribution in [0.1, 0.15) is 13.8 Å². The Labute approximate surface area is 56.5 Å². The summed E-state index contributed by atoms with van der Waals surface area (Å²) in [5, 5.41) is 14.9. The second-order valence-electron chi connectivity index (χ2n) is 2.66. The Hall–Kier alpha value is -0.120. The quantitative estimate of drug-likeness (QED) is 0.455. The van der Waals surface area contributed by atoms with Crippen molar-refractivity contribution < 1.29 is 5.11 Å². The van der Waals surface area contributed by atoms with Crippen LogP contribution in [0.25, 0.3) is 0 Å². The first kappa shape index (κ1) is 8.88. The summed E-state index contributed by atoms with van der Waals surface area (Å²) in [7, 11) is 3.55. The Kier molecular flexibility index (Phi) is 3.11. The van der Waals surface area contributed by atoms with Crippen molar-refractivity contribution in [3.8, 4) is 0 Å². The topological polar surface area (TPSA) is 44.3 Å². The second kappa shape index (κ2) is 3.15. The molecule has 3 N–H and O–H groups in total. The molecule has 3 nitrogen and oxygen atoms in total. The first-order valence-corrected chi connectivity index (χ1v) is 3.09. The Morgan fingerprint density at radius 1 is 1.33 bits per heavy atom. The van der Waals surface area contributed by atoms with E-state index >= 15 is 0 Å². The molecule has 1 unspecified atom stereocenters.